The molecule has 270 valence electrons. The Morgan fingerprint density at radius 2 is 1.66 bits per heavy atom. The summed E-state index contributed by atoms with van der Waals surface area (Å²) in [5.41, 5.74) is 11.4. The summed E-state index contributed by atoms with van der Waals surface area (Å²) in [4.78, 5) is 57.9. The first-order valence-corrected chi connectivity index (χ1v) is 17.7. The van der Waals surface area contributed by atoms with Crippen LogP contribution in [0.4, 0.5) is 0 Å². The standard InChI is InChI=1S/C42H42N6O5/c1-3-22-46-27-39(51)47-36(23-29-12-19-33(49)20-13-29)42(53)45(26-37(47)48(46)38(50)21-14-28-8-5-4-6-9-28)24-32-10-7-11-34-35(25-44(2)40(32)34)30-15-17-31(18-16-30)41(43)52/h3-13,15-20,25,36-37,49H,1,14,21-24,26-27H2,2H3,(H2,43,52)/t36-,37-/m0/s1. The number of hydrogen-bond acceptors (Lipinski definition) is 6. The maximum absolute atomic E-state index is 14.6. The second kappa shape index (κ2) is 14.8. The highest BCUT2D eigenvalue weighted by Gasteiger charge is 2.51. The lowest BCUT2D eigenvalue weighted by Gasteiger charge is -2.55. The highest BCUT2D eigenvalue weighted by atomic mass is 16.3. The summed E-state index contributed by atoms with van der Waals surface area (Å²) in [7, 11) is 1.96. The first kappa shape index (κ1) is 35.2. The molecule has 3 heterocycles. The zero-order chi connectivity index (χ0) is 37.2. The molecule has 2 saturated heterocycles. The summed E-state index contributed by atoms with van der Waals surface area (Å²) in [5.74, 6) is -0.991. The van der Waals surface area contributed by atoms with Crippen molar-refractivity contribution in [1.29, 1.82) is 0 Å². The molecule has 7 rings (SSSR count). The summed E-state index contributed by atoms with van der Waals surface area (Å²) in [6, 6.07) is 28.7. The lowest BCUT2D eigenvalue weighted by atomic mass is 9.97. The van der Waals surface area contributed by atoms with Crippen LogP contribution in [0.1, 0.15) is 33.5 Å². The number of aromatic hydroxyl groups is 1. The van der Waals surface area contributed by atoms with Crippen LogP contribution in [0.5, 0.6) is 5.75 Å². The van der Waals surface area contributed by atoms with Gasteiger partial charge in [0.15, 0.2) is 0 Å². The van der Waals surface area contributed by atoms with E-state index in [1.807, 2.05) is 78.5 Å². The first-order valence-electron chi connectivity index (χ1n) is 17.7. The normalized spacial score (nSPS) is 17.6. The van der Waals surface area contributed by atoms with Gasteiger partial charge in [-0.25, -0.2) is 10.0 Å². The van der Waals surface area contributed by atoms with Crippen LogP contribution >= 0.6 is 0 Å². The van der Waals surface area contributed by atoms with Crippen molar-refractivity contribution < 1.29 is 24.3 Å². The van der Waals surface area contributed by atoms with Crippen LogP contribution in [0, 0.1) is 0 Å². The second-order valence-electron chi connectivity index (χ2n) is 13.7. The summed E-state index contributed by atoms with van der Waals surface area (Å²) >= 11 is 0. The Kier molecular flexibility index (Phi) is 9.84. The number of fused-ring (bicyclic) bond motifs is 2. The van der Waals surface area contributed by atoms with Crippen molar-refractivity contribution in [1.82, 2.24) is 24.4 Å². The summed E-state index contributed by atoms with van der Waals surface area (Å²) in [6.45, 7) is 4.47. The average Bonchev–Trinajstić information content (AvgIpc) is 3.50. The monoisotopic (exact) mass is 710 g/mol. The number of primary amides is 1. The molecular weight excluding hydrogens is 668 g/mol. The van der Waals surface area contributed by atoms with Gasteiger partial charge in [-0.1, -0.05) is 78.9 Å². The molecule has 0 aliphatic carbocycles. The maximum Gasteiger partial charge on any atom is 0.248 e. The number of nitrogens with zero attached hydrogens (tertiary/aromatic N) is 5. The van der Waals surface area contributed by atoms with Crippen molar-refractivity contribution in [3.8, 4) is 16.9 Å². The van der Waals surface area contributed by atoms with Crippen LogP contribution in [-0.2, 0) is 40.8 Å². The molecule has 0 spiro atoms. The van der Waals surface area contributed by atoms with Gasteiger partial charge < -0.3 is 25.2 Å². The zero-order valence-electron chi connectivity index (χ0n) is 29.6. The van der Waals surface area contributed by atoms with Crippen molar-refractivity contribution in [3.63, 3.8) is 0 Å². The van der Waals surface area contributed by atoms with Crippen LogP contribution in [0.25, 0.3) is 22.0 Å². The number of nitrogens with two attached hydrogens (primary N) is 1. The molecule has 5 aromatic rings. The predicted octanol–water partition coefficient (Wildman–Crippen LogP) is 4.64. The number of rotatable bonds is 11. The van der Waals surface area contributed by atoms with E-state index in [9.17, 15) is 24.3 Å². The van der Waals surface area contributed by atoms with E-state index in [0.29, 0.717) is 12.0 Å². The van der Waals surface area contributed by atoms with E-state index in [-0.39, 0.29) is 62.5 Å². The van der Waals surface area contributed by atoms with Crippen molar-refractivity contribution in [2.45, 2.75) is 38.0 Å². The Balaban J connectivity index is 1.26. The molecule has 3 N–H and O–H groups in total. The number of hydrazine groups is 1. The number of piperazine rings is 1. The third-order valence-corrected chi connectivity index (χ3v) is 10.2. The van der Waals surface area contributed by atoms with E-state index >= 15 is 0 Å². The van der Waals surface area contributed by atoms with Gasteiger partial charge in [-0.05, 0) is 52.9 Å². The van der Waals surface area contributed by atoms with Gasteiger partial charge in [-0.2, -0.15) is 0 Å². The molecule has 1 aromatic heterocycles. The topological polar surface area (TPSA) is 132 Å². The van der Waals surface area contributed by atoms with Crippen LogP contribution in [0.15, 0.2) is 116 Å². The lowest BCUT2D eigenvalue weighted by molar-refractivity contribution is -0.205. The van der Waals surface area contributed by atoms with Crippen LogP contribution in [0.2, 0.25) is 0 Å². The number of aryl methyl sites for hydroxylation is 2. The minimum atomic E-state index is -0.881. The van der Waals surface area contributed by atoms with Crippen LogP contribution in [-0.4, -0.2) is 85.0 Å². The van der Waals surface area contributed by atoms with Crippen molar-refractivity contribution >= 4 is 34.5 Å². The fraction of sp³-hybridized carbons (Fsp3) is 0.238. The SMILES string of the molecule is C=CCN1CC(=O)N2[C@@H](Cc3ccc(O)cc3)C(=O)N(Cc3cccc4c(-c5ccc(C(N)=O)cc5)cn(C)c34)C[C@@H]2N1C(=O)CCc1ccccc1. The Hall–Kier alpha value is -6.20. The van der Waals surface area contributed by atoms with Gasteiger partial charge in [0, 0.05) is 55.7 Å². The Morgan fingerprint density at radius 1 is 0.925 bits per heavy atom. The van der Waals surface area contributed by atoms with Crippen LogP contribution in [0.3, 0.4) is 0 Å². The predicted molar refractivity (Wildman–Crippen MR) is 202 cm³/mol. The minimum Gasteiger partial charge on any atom is -0.508 e. The second-order valence-corrected chi connectivity index (χ2v) is 13.7. The van der Waals surface area contributed by atoms with E-state index in [4.69, 9.17) is 5.73 Å². The fourth-order valence-electron chi connectivity index (χ4n) is 7.70. The summed E-state index contributed by atoms with van der Waals surface area (Å²) in [5, 5.41) is 14.3. The average molecular weight is 711 g/mol. The molecule has 2 aliphatic rings. The largest absolute Gasteiger partial charge is 0.508 e. The molecule has 4 aromatic carbocycles. The minimum absolute atomic E-state index is 0.0647. The van der Waals surface area contributed by atoms with E-state index in [2.05, 4.69) is 6.58 Å². The number of para-hydroxylation sites is 1. The number of phenolic OH excluding ortho intramolecular Hbond substituents is 1. The summed E-state index contributed by atoms with van der Waals surface area (Å²) in [6.07, 6.45) is 3.92. The molecule has 4 amide bonds. The zero-order valence-corrected chi connectivity index (χ0v) is 29.6. The molecule has 2 atom stereocenters. The van der Waals surface area contributed by atoms with E-state index in [1.54, 1.807) is 62.3 Å². The molecule has 0 bridgehead atoms. The third kappa shape index (κ3) is 7.03. The molecule has 2 aliphatic heterocycles. The number of carbonyl (C=O) groups excluding carboxylic acids is 4. The molecule has 2 fully saturated rings. The lowest BCUT2D eigenvalue weighted by Crippen LogP contribution is -2.75. The highest BCUT2D eigenvalue weighted by molar-refractivity contribution is 5.99. The molecular formula is C42H42N6O5. The Bertz CT molecular complexity index is 2180. The number of carbonyl (C=O) groups is 4. The van der Waals surface area contributed by atoms with Gasteiger partial charge in [0.25, 0.3) is 0 Å². The van der Waals surface area contributed by atoms with Gasteiger partial charge in [-0.3, -0.25) is 19.2 Å². The number of phenols is 1. The van der Waals surface area contributed by atoms with Crippen molar-refractivity contribution in [2.75, 3.05) is 19.6 Å². The number of hydrogen-bond donors (Lipinski definition) is 2. The molecule has 11 heteroatoms. The molecule has 53 heavy (non-hydrogen) atoms. The van der Waals surface area contributed by atoms with Gasteiger partial charge in [0.2, 0.25) is 23.6 Å². The number of aromatic nitrogens is 1. The number of benzene rings is 4. The summed E-state index contributed by atoms with van der Waals surface area (Å²) < 4.78 is 2.03. The third-order valence-electron chi connectivity index (χ3n) is 10.2. The smallest absolute Gasteiger partial charge is 0.248 e. The van der Waals surface area contributed by atoms with E-state index in [0.717, 1.165) is 38.7 Å². The first-order chi connectivity index (χ1) is 25.6. The van der Waals surface area contributed by atoms with Gasteiger partial charge >= 0.3 is 0 Å². The van der Waals surface area contributed by atoms with E-state index < -0.39 is 18.1 Å². The number of amides is 4. The Morgan fingerprint density at radius 3 is 2.36 bits per heavy atom. The molecule has 0 saturated carbocycles. The van der Waals surface area contributed by atoms with Crippen molar-refractivity contribution in [3.05, 3.63) is 138 Å². The van der Waals surface area contributed by atoms with E-state index in [1.165, 1.54) is 0 Å². The molecule has 0 unspecified atom stereocenters. The molecule has 11 nitrogen and oxygen atoms in total. The maximum atomic E-state index is 14.6. The highest BCUT2D eigenvalue weighted by Crippen LogP contribution is 2.35. The van der Waals surface area contributed by atoms with Crippen molar-refractivity contribution in [2.24, 2.45) is 12.8 Å². The van der Waals surface area contributed by atoms with Gasteiger partial charge in [0.05, 0.1) is 18.6 Å². The quantitative estimate of drug-likeness (QED) is 0.192. The fourth-order valence-corrected chi connectivity index (χ4v) is 7.70. The Labute approximate surface area is 308 Å². The molecule has 0 radical (unpaired) electrons. The van der Waals surface area contributed by atoms with Crippen LogP contribution < -0.4 is 5.73 Å². The van der Waals surface area contributed by atoms with Gasteiger partial charge in [-0.15, -0.1) is 6.58 Å². The van der Waals surface area contributed by atoms with Gasteiger partial charge in [0.1, 0.15) is 18.0 Å².